The molecule has 1 aromatic carbocycles. The Bertz CT molecular complexity index is 1030. The Balaban J connectivity index is 1.37. The third-order valence-electron chi connectivity index (χ3n) is 5.94. The third-order valence-corrected chi connectivity index (χ3v) is 8.88. The second-order valence-corrected chi connectivity index (χ2v) is 11.5. The summed E-state index contributed by atoms with van der Waals surface area (Å²) in [5.41, 5.74) is 3.52. The molecule has 0 bridgehead atoms. The first-order valence-electron chi connectivity index (χ1n) is 11.0. The van der Waals surface area contributed by atoms with Gasteiger partial charge in [-0.2, -0.15) is 4.31 Å². The minimum atomic E-state index is -3.51. The van der Waals surface area contributed by atoms with Crippen LogP contribution in [0.2, 0.25) is 0 Å². The van der Waals surface area contributed by atoms with Crippen LogP contribution in [0.1, 0.15) is 50.2 Å². The lowest BCUT2D eigenvalue weighted by Gasteiger charge is -2.19. The van der Waals surface area contributed by atoms with Crippen LogP contribution in [0.4, 0.5) is 5.69 Å². The number of nitrogens with one attached hydrogen (secondary N) is 1. The molecule has 166 valence electrons. The van der Waals surface area contributed by atoms with Crippen molar-refractivity contribution in [3.8, 4) is 0 Å². The van der Waals surface area contributed by atoms with Crippen molar-refractivity contribution in [3.63, 3.8) is 0 Å². The lowest BCUT2D eigenvalue weighted by Crippen LogP contribution is -2.32. The molecule has 2 aromatic rings. The number of aromatic nitrogens is 1. The summed E-state index contributed by atoms with van der Waals surface area (Å²) in [6.07, 6.45) is 8.72. The maximum absolute atomic E-state index is 12.9. The summed E-state index contributed by atoms with van der Waals surface area (Å²) in [5, 5.41) is 3.26. The number of carbonyl (C=O) groups excluding carboxylic acids is 1. The Morgan fingerprint density at radius 3 is 2.48 bits per heavy atom. The standard InChI is InChI=1S/C23H29N3O3S2/c1-17(23(27)25-20-10-9-18-7-6-8-19(18)15-20)30-22-12-11-21(16-24-22)31(28,29)26-13-4-2-3-5-14-26/h9-12,15-17H,2-8,13-14H2,1H3,(H,25,27). The number of pyridine rings is 1. The van der Waals surface area contributed by atoms with E-state index in [9.17, 15) is 13.2 Å². The molecule has 8 heteroatoms. The van der Waals surface area contributed by atoms with E-state index in [2.05, 4.69) is 22.4 Å². The Labute approximate surface area is 188 Å². The zero-order chi connectivity index (χ0) is 21.8. The Kier molecular flexibility index (Phi) is 6.99. The number of nitrogens with zero attached hydrogens (tertiary/aromatic N) is 2. The van der Waals surface area contributed by atoms with E-state index in [0.29, 0.717) is 18.1 Å². The highest BCUT2D eigenvalue weighted by Gasteiger charge is 2.25. The van der Waals surface area contributed by atoms with Crippen LogP contribution in [0, 0.1) is 0 Å². The van der Waals surface area contributed by atoms with Gasteiger partial charge in [-0.15, -0.1) is 0 Å². The average Bonchev–Trinajstić information content (AvgIpc) is 3.04. The molecule has 2 aliphatic rings. The van der Waals surface area contributed by atoms with Crippen molar-refractivity contribution in [1.29, 1.82) is 0 Å². The van der Waals surface area contributed by atoms with Crippen LogP contribution in [0.25, 0.3) is 0 Å². The first-order valence-corrected chi connectivity index (χ1v) is 13.3. The van der Waals surface area contributed by atoms with Crippen LogP contribution in [0.3, 0.4) is 0 Å². The molecule has 4 rings (SSSR count). The normalized spacial score (nSPS) is 18.2. The highest BCUT2D eigenvalue weighted by molar-refractivity contribution is 8.00. The first-order chi connectivity index (χ1) is 14.9. The maximum Gasteiger partial charge on any atom is 0.244 e. The predicted octanol–water partition coefficient (Wildman–Crippen LogP) is 4.25. The SMILES string of the molecule is CC(Sc1ccc(S(=O)(=O)N2CCCCCC2)cn1)C(=O)Nc1ccc2c(c1)CCC2. The molecule has 1 aliphatic heterocycles. The summed E-state index contributed by atoms with van der Waals surface area (Å²) in [6.45, 7) is 2.97. The van der Waals surface area contributed by atoms with E-state index in [1.807, 2.05) is 13.0 Å². The summed E-state index contributed by atoms with van der Waals surface area (Å²) in [7, 11) is -3.51. The van der Waals surface area contributed by atoms with Crippen LogP contribution in [-0.4, -0.2) is 42.0 Å². The number of carbonyl (C=O) groups is 1. The highest BCUT2D eigenvalue weighted by atomic mass is 32.2. The fourth-order valence-electron chi connectivity index (χ4n) is 4.15. The zero-order valence-electron chi connectivity index (χ0n) is 17.8. The number of anilines is 1. The van der Waals surface area contributed by atoms with Crippen LogP contribution < -0.4 is 5.32 Å². The smallest absolute Gasteiger partial charge is 0.244 e. The van der Waals surface area contributed by atoms with Crippen LogP contribution in [0.5, 0.6) is 0 Å². The van der Waals surface area contributed by atoms with Crippen LogP contribution >= 0.6 is 11.8 Å². The topological polar surface area (TPSA) is 79.4 Å². The minimum Gasteiger partial charge on any atom is -0.325 e. The molecule has 1 aliphatic carbocycles. The highest BCUT2D eigenvalue weighted by Crippen LogP contribution is 2.27. The van der Waals surface area contributed by atoms with Crippen molar-refractivity contribution in [2.75, 3.05) is 18.4 Å². The molecular formula is C23H29N3O3S2. The molecule has 0 spiro atoms. The van der Waals surface area contributed by atoms with Gasteiger partial charge in [0.15, 0.2) is 0 Å². The molecule has 1 amide bonds. The molecule has 1 aromatic heterocycles. The number of amides is 1. The molecule has 1 N–H and O–H groups in total. The van der Waals surface area contributed by atoms with Gasteiger partial charge in [0.25, 0.3) is 0 Å². The minimum absolute atomic E-state index is 0.0917. The second-order valence-electron chi connectivity index (χ2n) is 8.24. The molecule has 2 heterocycles. The lowest BCUT2D eigenvalue weighted by atomic mass is 10.1. The van der Waals surface area contributed by atoms with Crippen LogP contribution in [-0.2, 0) is 27.7 Å². The molecule has 1 fully saturated rings. The number of fused-ring (bicyclic) bond motifs is 1. The molecule has 1 atom stereocenters. The van der Waals surface area contributed by atoms with Gasteiger partial charge >= 0.3 is 0 Å². The number of rotatable bonds is 6. The number of hydrogen-bond donors (Lipinski definition) is 1. The van der Waals surface area contributed by atoms with Gasteiger partial charge in [0, 0.05) is 25.0 Å². The van der Waals surface area contributed by atoms with E-state index >= 15 is 0 Å². The van der Waals surface area contributed by atoms with Gasteiger partial charge in [0.1, 0.15) is 4.90 Å². The van der Waals surface area contributed by atoms with Crippen molar-refractivity contribution in [3.05, 3.63) is 47.7 Å². The van der Waals surface area contributed by atoms with E-state index in [0.717, 1.165) is 44.2 Å². The quantitative estimate of drug-likeness (QED) is 0.653. The second kappa shape index (κ2) is 9.71. The van der Waals surface area contributed by atoms with Crippen molar-refractivity contribution in [1.82, 2.24) is 9.29 Å². The van der Waals surface area contributed by atoms with Gasteiger partial charge in [-0.1, -0.05) is 30.7 Å². The van der Waals surface area contributed by atoms with Gasteiger partial charge in [-0.05, 0) is 74.4 Å². The summed E-state index contributed by atoms with van der Waals surface area (Å²) in [4.78, 5) is 17.2. The van der Waals surface area contributed by atoms with Gasteiger partial charge < -0.3 is 5.32 Å². The fourth-order valence-corrected chi connectivity index (χ4v) is 6.40. The van der Waals surface area contributed by atoms with E-state index in [1.54, 1.807) is 16.4 Å². The molecule has 31 heavy (non-hydrogen) atoms. The van der Waals surface area contributed by atoms with Gasteiger partial charge in [0.2, 0.25) is 15.9 Å². The summed E-state index contributed by atoms with van der Waals surface area (Å²) >= 11 is 1.32. The zero-order valence-corrected chi connectivity index (χ0v) is 19.5. The van der Waals surface area contributed by atoms with E-state index in [4.69, 9.17) is 0 Å². The van der Waals surface area contributed by atoms with E-state index < -0.39 is 10.0 Å². The molecule has 1 unspecified atom stereocenters. The predicted molar refractivity (Wildman–Crippen MR) is 124 cm³/mol. The number of aryl methyl sites for hydroxylation is 2. The number of benzene rings is 1. The molecule has 0 radical (unpaired) electrons. The number of sulfonamides is 1. The maximum atomic E-state index is 12.9. The first kappa shape index (κ1) is 22.3. The molecule has 1 saturated heterocycles. The molecule has 6 nitrogen and oxygen atoms in total. The van der Waals surface area contributed by atoms with Crippen molar-refractivity contribution < 1.29 is 13.2 Å². The Morgan fingerprint density at radius 2 is 1.77 bits per heavy atom. The van der Waals surface area contributed by atoms with Crippen molar-refractivity contribution >= 4 is 33.4 Å². The Morgan fingerprint density at radius 1 is 1.03 bits per heavy atom. The summed E-state index contributed by atoms with van der Waals surface area (Å²) < 4.78 is 27.3. The van der Waals surface area contributed by atoms with Gasteiger partial charge in [0.05, 0.1) is 10.3 Å². The molecule has 0 saturated carbocycles. The average molecular weight is 460 g/mol. The van der Waals surface area contributed by atoms with Crippen LogP contribution in [0.15, 0.2) is 46.5 Å². The lowest BCUT2D eigenvalue weighted by molar-refractivity contribution is -0.115. The van der Waals surface area contributed by atoms with Gasteiger partial charge in [-0.25, -0.2) is 13.4 Å². The van der Waals surface area contributed by atoms with Crippen molar-refractivity contribution in [2.45, 2.75) is 67.0 Å². The molecular weight excluding hydrogens is 430 g/mol. The Hall–Kier alpha value is -1.90. The fraction of sp³-hybridized carbons (Fsp3) is 0.478. The number of hydrogen-bond acceptors (Lipinski definition) is 5. The summed E-state index contributed by atoms with van der Waals surface area (Å²) in [6, 6.07) is 9.41. The van der Waals surface area contributed by atoms with E-state index in [1.165, 1.54) is 35.5 Å². The number of thioether (sulfide) groups is 1. The largest absolute Gasteiger partial charge is 0.325 e. The van der Waals surface area contributed by atoms with Gasteiger partial charge in [-0.3, -0.25) is 4.79 Å². The monoisotopic (exact) mass is 459 g/mol. The third kappa shape index (κ3) is 5.30. The van der Waals surface area contributed by atoms with Crippen molar-refractivity contribution in [2.24, 2.45) is 0 Å². The van der Waals surface area contributed by atoms with E-state index in [-0.39, 0.29) is 16.1 Å². The summed E-state index contributed by atoms with van der Waals surface area (Å²) in [5.74, 6) is -0.0917.